The number of hydrogen-bond acceptors (Lipinski definition) is 1. The molecular formula is C4H9OSi. The second-order valence-electron chi connectivity index (χ2n) is 1.53. The van der Waals surface area contributed by atoms with Crippen molar-refractivity contribution in [3.63, 3.8) is 0 Å². The standard InChI is InChI=1S/C4H9OSi/c1-2-4-6-5-3-1/h6H,1-4H2. The van der Waals surface area contributed by atoms with Crippen molar-refractivity contribution >= 4 is 9.76 Å². The lowest BCUT2D eigenvalue weighted by Gasteiger charge is -2.07. The van der Waals surface area contributed by atoms with Gasteiger partial charge >= 0.3 is 0 Å². The molecule has 1 heterocycles. The first-order valence-corrected chi connectivity index (χ1v) is 3.72. The molecule has 1 aliphatic rings. The summed E-state index contributed by atoms with van der Waals surface area (Å²) >= 11 is 0. The summed E-state index contributed by atoms with van der Waals surface area (Å²) in [7, 11) is 0.405. The van der Waals surface area contributed by atoms with E-state index in [-0.39, 0.29) is 0 Å². The molecule has 6 heavy (non-hydrogen) atoms. The molecule has 1 rings (SSSR count). The molecule has 1 radical (unpaired) electrons. The summed E-state index contributed by atoms with van der Waals surface area (Å²) < 4.78 is 5.15. The van der Waals surface area contributed by atoms with E-state index in [1.807, 2.05) is 0 Å². The molecule has 0 saturated carbocycles. The van der Waals surface area contributed by atoms with Crippen molar-refractivity contribution in [1.29, 1.82) is 0 Å². The van der Waals surface area contributed by atoms with Crippen LogP contribution in [0.5, 0.6) is 0 Å². The van der Waals surface area contributed by atoms with Crippen molar-refractivity contribution < 1.29 is 4.43 Å². The maximum absolute atomic E-state index is 5.15. The minimum Gasteiger partial charge on any atom is -0.421 e. The Morgan fingerprint density at radius 2 is 2.33 bits per heavy atom. The molecule has 0 aliphatic carbocycles. The molecular weight excluding hydrogens is 92.1 g/mol. The van der Waals surface area contributed by atoms with Gasteiger partial charge in [-0.3, -0.25) is 0 Å². The van der Waals surface area contributed by atoms with Gasteiger partial charge in [0.25, 0.3) is 0 Å². The lowest BCUT2D eigenvalue weighted by Crippen LogP contribution is -2.06. The number of hydrogen-bond donors (Lipinski definition) is 0. The van der Waals surface area contributed by atoms with Crippen molar-refractivity contribution in [2.75, 3.05) is 6.61 Å². The topological polar surface area (TPSA) is 9.23 Å². The van der Waals surface area contributed by atoms with Gasteiger partial charge in [-0.25, -0.2) is 0 Å². The van der Waals surface area contributed by atoms with Gasteiger partial charge in [0.2, 0.25) is 0 Å². The number of rotatable bonds is 0. The van der Waals surface area contributed by atoms with Gasteiger partial charge in [-0.05, 0) is 12.5 Å². The van der Waals surface area contributed by atoms with Gasteiger partial charge in [0.05, 0.1) is 0 Å². The summed E-state index contributed by atoms with van der Waals surface area (Å²) in [5.41, 5.74) is 0. The minimum atomic E-state index is 0.405. The van der Waals surface area contributed by atoms with E-state index in [1.165, 1.54) is 18.9 Å². The van der Waals surface area contributed by atoms with Gasteiger partial charge in [-0.15, -0.1) is 0 Å². The second-order valence-corrected chi connectivity index (χ2v) is 2.78. The molecule has 0 aromatic rings. The zero-order chi connectivity index (χ0) is 4.24. The smallest absolute Gasteiger partial charge is 0.193 e. The highest BCUT2D eigenvalue weighted by Crippen LogP contribution is 2.01. The van der Waals surface area contributed by atoms with E-state index in [2.05, 4.69) is 0 Å². The highest BCUT2D eigenvalue weighted by atomic mass is 28.2. The van der Waals surface area contributed by atoms with E-state index >= 15 is 0 Å². The molecule has 35 valence electrons. The maximum Gasteiger partial charge on any atom is 0.193 e. The predicted octanol–water partition coefficient (Wildman–Crippen LogP) is 0.567. The van der Waals surface area contributed by atoms with Crippen LogP contribution in [0.25, 0.3) is 0 Å². The average Bonchev–Trinajstić information content (AvgIpc) is 1.72. The molecule has 0 spiro atoms. The fourth-order valence-corrected chi connectivity index (χ4v) is 1.54. The zero-order valence-electron chi connectivity index (χ0n) is 3.81. The van der Waals surface area contributed by atoms with Crippen LogP contribution in [0.2, 0.25) is 6.04 Å². The van der Waals surface area contributed by atoms with E-state index in [9.17, 15) is 0 Å². The lowest BCUT2D eigenvalue weighted by atomic mass is 10.4. The SMILES string of the molecule is C1CC[SiH]OC1. The van der Waals surface area contributed by atoms with Crippen molar-refractivity contribution in [3.05, 3.63) is 0 Å². The van der Waals surface area contributed by atoms with Crippen LogP contribution in [0.15, 0.2) is 0 Å². The Hall–Kier alpha value is 0.177. The first-order chi connectivity index (χ1) is 3.00. The lowest BCUT2D eigenvalue weighted by molar-refractivity contribution is 0.304. The van der Waals surface area contributed by atoms with Crippen molar-refractivity contribution in [1.82, 2.24) is 0 Å². The molecule has 2 heteroatoms. The fourth-order valence-electron chi connectivity index (χ4n) is 0.580. The monoisotopic (exact) mass is 101 g/mol. The molecule has 0 aromatic heterocycles. The summed E-state index contributed by atoms with van der Waals surface area (Å²) in [6.07, 6.45) is 2.71. The highest BCUT2D eigenvalue weighted by Gasteiger charge is 1.96. The van der Waals surface area contributed by atoms with Gasteiger partial charge in [-0.1, -0.05) is 6.42 Å². The highest BCUT2D eigenvalue weighted by molar-refractivity contribution is 6.27. The molecule has 0 unspecified atom stereocenters. The quantitative estimate of drug-likeness (QED) is 0.405. The fraction of sp³-hybridized carbons (Fsp3) is 1.00. The summed E-state index contributed by atoms with van der Waals surface area (Å²) in [6.45, 7) is 1.04. The Kier molecular flexibility index (Phi) is 1.71. The average molecular weight is 101 g/mol. The minimum absolute atomic E-state index is 0.405. The van der Waals surface area contributed by atoms with E-state index in [4.69, 9.17) is 4.43 Å². The van der Waals surface area contributed by atoms with Gasteiger partial charge in [-0.2, -0.15) is 0 Å². The Labute approximate surface area is 40.6 Å². The van der Waals surface area contributed by atoms with Crippen LogP contribution in [-0.2, 0) is 4.43 Å². The van der Waals surface area contributed by atoms with Crippen LogP contribution >= 0.6 is 0 Å². The molecule has 0 aromatic carbocycles. The third kappa shape index (κ3) is 1.10. The maximum atomic E-state index is 5.15. The normalized spacial score (nSPS) is 24.0. The molecule has 0 bridgehead atoms. The first kappa shape index (κ1) is 4.34. The van der Waals surface area contributed by atoms with Crippen LogP contribution in [0, 0.1) is 0 Å². The summed E-state index contributed by atoms with van der Waals surface area (Å²) in [5, 5.41) is 0. The third-order valence-electron chi connectivity index (χ3n) is 0.952. The van der Waals surface area contributed by atoms with Crippen molar-refractivity contribution in [2.45, 2.75) is 18.9 Å². The van der Waals surface area contributed by atoms with Gasteiger partial charge < -0.3 is 4.43 Å². The largest absolute Gasteiger partial charge is 0.421 e. The Balaban J connectivity index is 2.00. The Bertz CT molecular complexity index is 23.0. The Morgan fingerprint density at radius 3 is 2.50 bits per heavy atom. The van der Waals surface area contributed by atoms with Crippen LogP contribution in [0.3, 0.4) is 0 Å². The van der Waals surface area contributed by atoms with Crippen LogP contribution < -0.4 is 0 Å². The summed E-state index contributed by atoms with van der Waals surface area (Å²) in [5.74, 6) is 0. The molecule has 1 fully saturated rings. The van der Waals surface area contributed by atoms with Crippen molar-refractivity contribution in [3.8, 4) is 0 Å². The third-order valence-corrected chi connectivity index (χ3v) is 2.07. The van der Waals surface area contributed by atoms with Gasteiger partial charge in [0.1, 0.15) is 0 Å². The summed E-state index contributed by atoms with van der Waals surface area (Å²) in [6, 6.07) is 1.36. The van der Waals surface area contributed by atoms with E-state index in [0.29, 0.717) is 9.76 Å². The molecule has 1 aliphatic heterocycles. The van der Waals surface area contributed by atoms with E-state index in [1.54, 1.807) is 0 Å². The van der Waals surface area contributed by atoms with Gasteiger partial charge in [0, 0.05) is 6.61 Å². The van der Waals surface area contributed by atoms with Crippen LogP contribution in [0.4, 0.5) is 0 Å². The first-order valence-electron chi connectivity index (χ1n) is 2.43. The van der Waals surface area contributed by atoms with Gasteiger partial charge in [0.15, 0.2) is 9.76 Å². The molecule has 0 amide bonds. The zero-order valence-corrected chi connectivity index (χ0v) is 4.97. The Morgan fingerprint density at radius 1 is 1.33 bits per heavy atom. The summed E-state index contributed by atoms with van der Waals surface area (Å²) in [4.78, 5) is 0. The van der Waals surface area contributed by atoms with E-state index in [0.717, 1.165) is 6.61 Å². The molecule has 1 nitrogen and oxygen atoms in total. The molecule has 0 atom stereocenters. The molecule has 0 N–H and O–H groups in total. The predicted molar refractivity (Wildman–Crippen MR) is 27.1 cm³/mol. The van der Waals surface area contributed by atoms with Crippen LogP contribution in [-0.4, -0.2) is 16.4 Å². The van der Waals surface area contributed by atoms with E-state index < -0.39 is 0 Å². The second kappa shape index (κ2) is 2.37. The van der Waals surface area contributed by atoms with Crippen molar-refractivity contribution in [2.24, 2.45) is 0 Å². The molecule has 1 saturated heterocycles. The van der Waals surface area contributed by atoms with Crippen LogP contribution in [0.1, 0.15) is 12.8 Å².